The Kier molecular flexibility index (Phi) is 12.7. The van der Waals surface area contributed by atoms with Crippen LogP contribution in [-0.2, 0) is 27.2 Å². The van der Waals surface area contributed by atoms with Crippen molar-refractivity contribution in [1.82, 2.24) is 26.1 Å². The normalized spacial score (nSPS) is 13.6. The molecule has 44 heavy (non-hydrogen) atoms. The van der Waals surface area contributed by atoms with Crippen LogP contribution in [0.2, 0.25) is 0 Å². The third kappa shape index (κ3) is 11.3. The minimum atomic E-state index is -1.13. The number of hydrazine groups is 1. The molecule has 1 heterocycles. The predicted octanol–water partition coefficient (Wildman–Crippen LogP) is 4.52. The first-order valence-electron chi connectivity index (χ1n) is 14.4. The number of methoxy groups -OCH3 is 1. The van der Waals surface area contributed by atoms with Crippen molar-refractivity contribution < 1.29 is 29.0 Å². The molecule has 0 radical (unpaired) electrons. The maximum Gasteiger partial charge on any atom is 0.422 e. The lowest BCUT2D eigenvalue weighted by molar-refractivity contribution is -0.125. The lowest BCUT2D eigenvalue weighted by Gasteiger charge is -2.32. The van der Waals surface area contributed by atoms with Crippen molar-refractivity contribution in [2.45, 2.75) is 71.4 Å². The molecule has 0 aliphatic carbocycles. The van der Waals surface area contributed by atoms with E-state index in [1.165, 1.54) is 7.11 Å². The third-order valence-corrected chi connectivity index (χ3v) is 7.42. The number of hydrogen-bond acceptors (Lipinski definition) is 9. The van der Waals surface area contributed by atoms with Gasteiger partial charge in [0.05, 0.1) is 29.6 Å². The molecule has 1 aromatic heterocycles. The van der Waals surface area contributed by atoms with Crippen LogP contribution in [0.1, 0.15) is 45.7 Å². The molecule has 11 nitrogen and oxygen atoms in total. The Balaban J connectivity index is 1.84. The van der Waals surface area contributed by atoms with Crippen LogP contribution >= 0.6 is 11.3 Å². The Labute approximate surface area is 262 Å². The standard InChI is InChI=1S/C32H43N5O6S/c1-21(2)28(35-30(40)42-6)29(39)34-25(16-22-10-8-7-9-11-22)26(38)19-37(36-31(41)43-32(3,4)5)18-23-12-14-24(15-13-23)27-17-33-20-44-27/h7-15,17,20-21,25-26,28,38H,16,18-19H2,1-6H3,(H,34,39)(H,35,40)(H,36,41)/t25?,26?,28-/m0/s1. The molecular formula is C32H43N5O6S. The van der Waals surface area contributed by atoms with E-state index in [0.29, 0.717) is 6.42 Å². The number of carbonyl (C=O) groups excluding carboxylic acids is 3. The number of nitrogens with zero attached hydrogens (tertiary/aromatic N) is 2. The second-order valence-corrected chi connectivity index (χ2v) is 12.7. The van der Waals surface area contributed by atoms with Crippen molar-refractivity contribution in [2.24, 2.45) is 5.92 Å². The van der Waals surface area contributed by atoms with E-state index in [-0.39, 0.29) is 19.0 Å². The lowest BCUT2D eigenvalue weighted by Crippen LogP contribution is -2.57. The number of nitrogens with one attached hydrogen (secondary N) is 3. The second kappa shape index (κ2) is 16.2. The molecule has 2 unspecified atom stereocenters. The highest BCUT2D eigenvalue weighted by molar-refractivity contribution is 7.13. The minimum Gasteiger partial charge on any atom is -0.453 e. The Morgan fingerprint density at radius 1 is 0.977 bits per heavy atom. The Morgan fingerprint density at radius 2 is 1.66 bits per heavy atom. The lowest BCUT2D eigenvalue weighted by atomic mass is 9.98. The number of alkyl carbamates (subject to hydrolysis) is 1. The van der Waals surface area contributed by atoms with Crippen molar-refractivity contribution in [3.63, 3.8) is 0 Å². The van der Waals surface area contributed by atoms with E-state index < -0.39 is 41.9 Å². The number of rotatable bonds is 13. The van der Waals surface area contributed by atoms with Gasteiger partial charge in [-0.3, -0.25) is 15.2 Å². The van der Waals surface area contributed by atoms with Gasteiger partial charge in [0.1, 0.15) is 11.6 Å². The number of aromatic nitrogens is 1. The number of carbonyl (C=O) groups is 3. The SMILES string of the molecule is COC(=O)N[C@H](C(=O)NC(Cc1ccccc1)C(O)CN(Cc1ccc(-c2cncs2)cc1)NC(=O)OC(C)(C)C)C(C)C. The summed E-state index contributed by atoms with van der Waals surface area (Å²) in [7, 11) is 1.23. The summed E-state index contributed by atoms with van der Waals surface area (Å²) in [6, 6.07) is 15.6. The van der Waals surface area contributed by atoms with E-state index in [0.717, 1.165) is 21.6 Å². The van der Waals surface area contributed by atoms with Crippen LogP contribution in [0.15, 0.2) is 66.3 Å². The smallest absolute Gasteiger partial charge is 0.422 e. The third-order valence-electron chi connectivity index (χ3n) is 6.60. The number of thiazole rings is 1. The van der Waals surface area contributed by atoms with Crippen LogP contribution in [0, 0.1) is 5.92 Å². The number of benzene rings is 2. The molecule has 3 atom stereocenters. The van der Waals surface area contributed by atoms with E-state index in [1.807, 2.05) is 54.6 Å². The number of hydrogen-bond donors (Lipinski definition) is 4. The number of ether oxygens (including phenoxy) is 2. The van der Waals surface area contributed by atoms with Crippen molar-refractivity contribution in [3.05, 3.63) is 77.4 Å². The van der Waals surface area contributed by atoms with Crippen molar-refractivity contribution in [1.29, 1.82) is 0 Å². The quantitative estimate of drug-likeness (QED) is 0.203. The highest BCUT2D eigenvalue weighted by atomic mass is 32.1. The summed E-state index contributed by atoms with van der Waals surface area (Å²) >= 11 is 1.54. The molecule has 12 heteroatoms. The van der Waals surface area contributed by atoms with E-state index >= 15 is 0 Å². The summed E-state index contributed by atoms with van der Waals surface area (Å²) in [6.45, 7) is 9.12. The molecule has 0 saturated heterocycles. The Morgan fingerprint density at radius 3 is 2.23 bits per heavy atom. The van der Waals surface area contributed by atoms with Gasteiger partial charge in [-0.05, 0) is 49.8 Å². The minimum absolute atomic E-state index is 0.0373. The summed E-state index contributed by atoms with van der Waals surface area (Å²) < 4.78 is 10.2. The van der Waals surface area contributed by atoms with E-state index in [9.17, 15) is 19.5 Å². The first-order valence-corrected chi connectivity index (χ1v) is 15.3. The molecule has 4 N–H and O–H groups in total. The molecule has 0 aliphatic heterocycles. The van der Waals surface area contributed by atoms with Crippen LogP contribution in [0.4, 0.5) is 9.59 Å². The van der Waals surface area contributed by atoms with Crippen molar-refractivity contribution >= 4 is 29.4 Å². The van der Waals surface area contributed by atoms with Crippen LogP contribution in [0.25, 0.3) is 10.4 Å². The van der Waals surface area contributed by atoms with Gasteiger partial charge in [0.15, 0.2) is 0 Å². The predicted molar refractivity (Wildman–Crippen MR) is 170 cm³/mol. The summed E-state index contributed by atoms with van der Waals surface area (Å²) in [5.41, 5.74) is 6.60. The van der Waals surface area contributed by atoms with Gasteiger partial charge in [-0.15, -0.1) is 11.3 Å². The van der Waals surface area contributed by atoms with Crippen LogP contribution < -0.4 is 16.1 Å². The number of aliphatic hydroxyl groups excluding tert-OH is 1. The van der Waals surface area contributed by atoms with Crippen LogP contribution in [-0.4, -0.2) is 70.6 Å². The topological polar surface area (TPSA) is 142 Å². The van der Waals surface area contributed by atoms with Gasteiger partial charge >= 0.3 is 12.2 Å². The monoisotopic (exact) mass is 625 g/mol. The van der Waals surface area contributed by atoms with Crippen molar-refractivity contribution in [2.75, 3.05) is 13.7 Å². The van der Waals surface area contributed by atoms with Gasteiger partial charge < -0.3 is 25.2 Å². The van der Waals surface area contributed by atoms with E-state index in [4.69, 9.17) is 9.47 Å². The first-order chi connectivity index (χ1) is 20.8. The fraction of sp³-hybridized carbons (Fsp3) is 0.438. The zero-order valence-electron chi connectivity index (χ0n) is 26.1. The number of amides is 3. The number of aliphatic hydroxyl groups is 1. The maximum atomic E-state index is 13.4. The molecule has 0 aliphatic rings. The maximum absolute atomic E-state index is 13.4. The Bertz CT molecular complexity index is 1330. The van der Waals surface area contributed by atoms with Gasteiger partial charge in [0.2, 0.25) is 5.91 Å². The molecule has 0 saturated carbocycles. The summed E-state index contributed by atoms with van der Waals surface area (Å²) in [6.07, 6.45) is -0.417. The van der Waals surface area contributed by atoms with Gasteiger partial charge in [-0.2, -0.15) is 0 Å². The largest absolute Gasteiger partial charge is 0.453 e. The average molecular weight is 626 g/mol. The zero-order chi connectivity index (χ0) is 32.3. The summed E-state index contributed by atoms with van der Waals surface area (Å²) in [5.74, 6) is -0.711. The van der Waals surface area contributed by atoms with Crippen LogP contribution in [0.5, 0.6) is 0 Å². The Hall–Kier alpha value is -4.00. The summed E-state index contributed by atoms with van der Waals surface area (Å²) in [4.78, 5) is 43.3. The molecule has 0 bridgehead atoms. The molecular weight excluding hydrogens is 582 g/mol. The molecule has 3 aromatic rings. The van der Waals surface area contributed by atoms with E-state index in [1.54, 1.807) is 62.7 Å². The second-order valence-electron chi connectivity index (χ2n) is 11.8. The summed E-state index contributed by atoms with van der Waals surface area (Å²) in [5, 5.41) is 18.6. The van der Waals surface area contributed by atoms with Gasteiger partial charge in [0, 0.05) is 19.3 Å². The first kappa shape index (κ1) is 34.5. The molecule has 3 rings (SSSR count). The molecule has 0 fully saturated rings. The van der Waals surface area contributed by atoms with Gasteiger partial charge in [0.25, 0.3) is 0 Å². The van der Waals surface area contributed by atoms with Crippen molar-refractivity contribution in [3.8, 4) is 10.4 Å². The molecule has 0 spiro atoms. The van der Waals surface area contributed by atoms with Gasteiger partial charge in [-0.1, -0.05) is 68.4 Å². The van der Waals surface area contributed by atoms with Gasteiger partial charge in [-0.25, -0.2) is 14.6 Å². The van der Waals surface area contributed by atoms with E-state index in [2.05, 4.69) is 21.0 Å². The highest BCUT2D eigenvalue weighted by Crippen LogP contribution is 2.23. The molecule has 3 amide bonds. The average Bonchev–Trinajstić information content (AvgIpc) is 3.50. The fourth-order valence-corrected chi connectivity index (χ4v) is 5.06. The molecule has 2 aromatic carbocycles. The molecule has 238 valence electrons. The highest BCUT2D eigenvalue weighted by Gasteiger charge is 2.31. The zero-order valence-corrected chi connectivity index (χ0v) is 26.9. The van der Waals surface area contributed by atoms with Crippen LogP contribution in [0.3, 0.4) is 0 Å². The fourth-order valence-electron chi connectivity index (χ4n) is 4.43.